The summed E-state index contributed by atoms with van der Waals surface area (Å²) in [6, 6.07) is 0.188. The molecule has 0 aromatic carbocycles. The third-order valence-corrected chi connectivity index (χ3v) is 4.20. The van der Waals surface area contributed by atoms with E-state index in [9.17, 15) is 4.79 Å². The Bertz CT molecular complexity index is 454. The Balaban J connectivity index is 1.99. The summed E-state index contributed by atoms with van der Waals surface area (Å²) in [6.07, 6.45) is 7.24. The molecule has 0 radical (unpaired) electrons. The lowest BCUT2D eigenvalue weighted by atomic mass is 9.99. The number of piperidine rings is 1. The molecule has 1 amide bonds. The molecule has 0 saturated carbocycles. The average Bonchev–Trinajstić information content (AvgIpc) is 2.83. The normalized spacial score (nSPS) is 20.1. The number of rotatable bonds is 4. The van der Waals surface area contributed by atoms with E-state index in [2.05, 4.69) is 4.98 Å². The Morgan fingerprint density at radius 2 is 2.47 bits per heavy atom. The van der Waals surface area contributed by atoms with E-state index < -0.39 is 0 Å². The minimum Gasteiger partial charge on any atom is -0.396 e. The summed E-state index contributed by atoms with van der Waals surface area (Å²) in [4.78, 5) is 18.4. The number of aromatic nitrogens is 1. The van der Waals surface area contributed by atoms with Crippen molar-refractivity contribution in [3.63, 3.8) is 0 Å². The predicted octanol–water partition coefficient (Wildman–Crippen LogP) is 2.23. The van der Waals surface area contributed by atoms with Crippen LogP contribution in [0.25, 0.3) is 6.08 Å². The van der Waals surface area contributed by atoms with E-state index in [0.29, 0.717) is 6.42 Å². The van der Waals surface area contributed by atoms with E-state index in [1.54, 1.807) is 23.5 Å². The minimum atomic E-state index is 0.0313. The zero-order valence-electron chi connectivity index (χ0n) is 11.2. The van der Waals surface area contributed by atoms with Crippen LogP contribution < -0.4 is 0 Å². The van der Waals surface area contributed by atoms with Crippen molar-refractivity contribution in [2.45, 2.75) is 38.6 Å². The highest BCUT2D eigenvalue weighted by molar-refractivity contribution is 7.09. The van der Waals surface area contributed by atoms with Crippen LogP contribution in [-0.4, -0.2) is 40.1 Å². The van der Waals surface area contributed by atoms with Gasteiger partial charge in [-0.3, -0.25) is 4.79 Å². The van der Waals surface area contributed by atoms with Gasteiger partial charge in [-0.2, -0.15) is 0 Å². The van der Waals surface area contributed by atoms with E-state index in [1.807, 2.05) is 17.2 Å². The largest absolute Gasteiger partial charge is 0.396 e. The Morgan fingerprint density at radius 1 is 1.63 bits per heavy atom. The quantitative estimate of drug-likeness (QED) is 0.861. The van der Waals surface area contributed by atoms with Crippen LogP contribution in [0.15, 0.2) is 11.5 Å². The number of hydrogen-bond acceptors (Lipinski definition) is 4. The highest BCUT2D eigenvalue weighted by Crippen LogP contribution is 2.20. The van der Waals surface area contributed by atoms with Gasteiger partial charge < -0.3 is 10.0 Å². The van der Waals surface area contributed by atoms with Crippen molar-refractivity contribution in [2.75, 3.05) is 13.2 Å². The van der Waals surface area contributed by atoms with Gasteiger partial charge in [0.1, 0.15) is 0 Å². The first-order chi connectivity index (χ1) is 9.20. The molecule has 2 heterocycles. The van der Waals surface area contributed by atoms with Crippen molar-refractivity contribution in [3.8, 4) is 0 Å². The number of carbonyl (C=O) groups is 1. The second-order valence-electron chi connectivity index (χ2n) is 4.82. The summed E-state index contributed by atoms with van der Waals surface area (Å²) in [5, 5.41) is 12.0. The van der Waals surface area contributed by atoms with Crippen molar-refractivity contribution in [1.29, 1.82) is 0 Å². The van der Waals surface area contributed by atoms with Crippen molar-refractivity contribution in [3.05, 3.63) is 22.2 Å². The van der Waals surface area contributed by atoms with Crippen molar-refractivity contribution in [1.82, 2.24) is 9.88 Å². The van der Waals surface area contributed by atoms with Crippen LogP contribution in [0.2, 0.25) is 0 Å². The van der Waals surface area contributed by atoms with E-state index in [0.717, 1.165) is 36.5 Å². The van der Waals surface area contributed by atoms with E-state index in [4.69, 9.17) is 5.11 Å². The number of carbonyl (C=O) groups excluding carboxylic acids is 1. The van der Waals surface area contributed by atoms with Gasteiger partial charge in [0.25, 0.3) is 0 Å². The van der Waals surface area contributed by atoms with E-state index in [-0.39, 0.29) is 18.6 Å². The van der Waals surface area contributed by atoms with Crippen LogP contribution in [0, 0.1) is 6.92 Å². The molecular formula is C14H20N2O2S. The molecule has 1 atom stereocenters. The summed E-state index contributed by atoms with van der Waals surface area (Å²) in [5.74, 6) is 0.0313. The van der Waals surface area contributed by atoms with Gasteiger partial charge >= 0.3 is 0 Å². The summed E-state index contributed by atoms with van der Waals surface area (Å²) in [7, 11) is 0. The molecule has 1 fully saturated rings. The van der Waals surface area contributed by atoms with Crippen LogP contribution in [-0.2, 0) is 4.79 Å². The second kappa shape index (κ2) is 6.82. The molecule has 1 N–H and O–H groups in total. The maximum atomic E-state index is 12.2. The fourth-order valence-electron chi connectivity index (χ4n) is 2.45. The molecule has 2 rings (SSSR count). The highest BCUT2D eigenvalue weighted by Gasteiger charge is 2.24. The molecule has 0 spiro atoms. The molecular weight excluding hydrogens is 260 g/mol. The summed E-state index contributed by atoms with van der Waals surface area (Å²) < 4.78 is 0. The Hall–Kier alpha value is -1.20. The van der Waals surface area contributed by atoms with Gasteiger partial charge in [0.15, 0.2) is 0 Å². The number of aryl methyl sites for hydroxylation is 1. The lowest BCUT2D eigenvalue weighted by Crippen LogP contribution is -2.43. The second-order valence-corrected chi connectivity index (χ2v) is 5.88. The molecule has 19 heavy (non-hydrogen) atoms. The van der Waals surface area contributed by atoms with Gasteiger partial charge in [0, 0.05) is 30.6 Å². The number of aliphatic hydroxyl groups is 1. The fourth-order valence-corrected chi connectivity index (χ4v) is 3.03. The van der Waals surface area contributed by atoms with Gasteiger partial charge in [-0.15, -0.1) is 11.3 Å². The van der Waals surface area contributed by atoms with Gasteiger partial charge in [-0.1, -0.05) is 0 Å². The van der Waals surface area contributed by atoms with E-state index >= 15 is 0 Å². The van der Waals surface area contributed by atoms with Gasteiger partial charge in [0.2, 0.25) is 5.91 Å². The number of nitrogens with zero attached hydrogens (tertiary/aromatic N) is 2. The Morgan fingerprint density at radius 3 is 3.16 bits per heavy atom. The standard InChI is InChI=1S/C14H20N2O2S/c1-11-15-12(10-19-11)5-6-14(18)16-8-3-2-4-13(16)7-9-17/h5-6,10,13,17H,2-4,7-9H2,1H3/b6-5+. The fraction of sp³-hybridized carbons (Fsp3) is 0.571. The molecule has 104 valence electrons. The molecule has 1 unspecified atom stereocenters. The molecule has 1 aromatic heterocycles. The molecule has 5 heteroatoms. The summed E-state index contributed by atoms with van der Waals surface area (Å²) in [6.45, 7) is 2.89. The first-order valence-electron chi connectivity index (χ1n) is 6.72. The maximum absolute atomic E-state index is 12.2. The first kappa shape index (κ1) is 14.2. The first-order valence-corrected chi connectivity index (χ1v) is 7.60. The smallest absolute Gasteiger partial charge is 0.246 e. The lowest BCUT2D eigenvalue weighted by molar-refractivity contribution is -0.129. The number of hydrogen-bond donors (Lipinski definition) is 1. The van der Waals surface area contributed by atoms with Crippen LogP contribution in [0.3, 0.4) is 0 Å². The van der Waals surface area contributed by atoms with Gasteiger partial charge in [-0.25, -0.2) is 4.98 Å². The zero-order valence-corrected chi connectivity index (χ0v) is 12.0. The van der Waals surface area contributed by atoms with Crippen molar-refractivity contribution < 1.29 is 9.90 Å². The zero-order chi connectivity index (χ0) is 13.7. The molecule has 1 saturated heterocycles. The SMILES string of the molecule is Cc1nc(/C=C/C(=O)N2CCCCC2CCO)cs1. The van der Waals surface area contributed by atoms with Gasteiger partial charge in [-0.05, 0) is 38.7 Å². The number of amides is 1. The Kier molecular flexibility index (Phi) is 5.10. The molecule has 1 aliphatic rings. The predicted molar refractivity (Wildman–Crippen MR) is 76.9 cm³/mol. The molecule has 1 aromatic rings. The topological polar surface area (TPSA) is 53.4 Å². The highest BCUT2D eigenvalue weighted by atomic mass is 32.1. The van der Waals surface area contributed by atoms with Crippen LogP contribution in [0.4, 0.5) is 0 Å². The van der Waals surface area contributed by atoms with Crippen molar-refractivity contribution in [2.24, 2.45) is 0 Å². The molecule has 0 bridgehead atoms. The maximum Gasteiger partial charge on any atom is 0.246 e. The van der Waals surface area contributed by atoms with Crippen LogP contribution >= 0.6 is 11.3 Å². The third kappa shape index (κ3) is 3.88. The molecule has 1 aliphatic heterocycles. The summed E-state index contributed by atoms with van der Waals surface area (Å²) >= 11 is 1.58. The number of aliphatic hydroxyl groups excluding tert-OH is 1. The third-order valence-electron chi connectivity index (χ3n) is 3.41. The number of likely N-dealkylation sites (tertiary alicyclic amines) is 1. The summed E-state index contributed by atoms with van der Waals surface area (Å²) in [5.41, 5.74) is 0.839. The van der Waals surface area contributed by atoms with Gasteiger partial charge in [0.05, 0.1) is 10.7 Å². The lowest BCUT2D eigenvalue weighted by Gasteiger charge is -2.34. The Labute approximate surface area is 117 Å². The average molecular weight is 280 g/mol. The monoisotopic (exact) mass is 280 g/mol. The van der Waals surface area contributed by atoms with Crippen LogP contribution in [0.5, 0.6) is 0 Å². The minimum absolute atomic E-state index is 0.0313. The van der Waals surface area contributed by atoms with Crippen LogP contribution in [0.1, 0.15) is 36.4 Å². The molecule has 0 aliphatic carbocycles. The van der Waals surface area contributed by atoms with E-state index in [1.165, 1.54) is 0 Å². The van der Waals surface area contributed by atoms with Crippen molar-refractivity contribution >= 4 is 23.3 Å². The number of thiazole rings is 1. The molecule has 4 nitrogen and oxygen atoms in total.